The van der Waals surface area contributed by atoms with E-state index in [1.54, 1.807) is 6.07 Å². The van der Waals surface area contributed by atoms with Crippen LogP contribution in [-0.2, 0) is 5.75 Å². The third-order valence-corrected chi connectivity index (χ3v) is 3.20. The molecular formula is C10H9ClFN3S. The Hall–Kier alpha value is -1.07. The second kappa shape index (κ2) is 4.84. The maximum absolute atomic E-state index is 12.8. The van der Waals surface area contributed by atoms with Gasteiger partial charge in [-0.25, -0.2) is 9.37 Å². The summed E-state index contributed by atoms with van der Waals surface area (Å²) in [5.41, 5.74) is 0.871. The molecule has 0 unspecified atom stereocenters. The fourth-order valence-electron chi connectivity index (χ4n) is 1.17. The molecule has 0 bridgehead atoms. The van der Waals surface area contributed by atoms with Crippen LogP contribution in [0, 0.1) is 12.7 Å². The Morgan fingerprint density at radius 3 is 2.94 bits per heavy atom. The lowest BCUT2D eigenvalue weighted by molar-refractivity contribution is 0.627. The van der Waals surface area contributed by atoms with Gasteiger partial charge in [0.15, 0.2) is 0 Å². The van der Waals surface area contributed by atoms with E-state index in [0.717, 1.165) is 11.4 Å². The molecular weight excluding hydrogens is 249 g/mol. The van der Waals surface area contributed by atoms with Crippen LogP contribution in [0.1, 0.15) is 11.4 Å². The van der Waals surface area contributed by atoms with Gasteiger partial charge in [-0.2, -0.15) is 0 Å². The zero-order valence-electron chi connectivity index (χ0n) is 8.50. The number of benzene rings is 1. The highest BCUT2D eigenvalue weighted by molar-refractivity contribution is 7.98. The third kappa shape index (κ3) is 2.74. The zero-order chi connectivity index (χ0) is 11.5. The van der Waals surface area contributed by atoms with Crippen LogP contribution in [0.4, 0.5) is 4.39 Å². The first-order valence-corrected chi connectivity index (χ1v) is 5.97. The van der Waals surface area contributed by atoms with Crippen molar-refractivity contribution in [3.05, 3.63) is 40.4 Å². The Kier molecular flexibility index (Phi) is 3.46. The van der Waals surface area contributed by atoms with E-state index in [0.29, 0.717) is 15.9 Å². The fourth-order valence-corrected chi connectivity index (χ4v) is 2.33. The van der Waals surface area contributed by atoms with Gasteiger partial charge in [-0.1, -0.05) is 29.4 Å². The van der Waals surface area contributed by atoms with Gasteiger partial charge < -0.3 is 0 Å². The second-order valence-corrected chi connectivity index (χ2v) is 4.58. The summed E-state index contributed by atoms with van der Waals surface area (Å²) in [6.07, 6.45) is 0. The van der Waals surface area contributed by atoms with Crippen molar-refractivity contribution >= 4 is 23.4 Å². The molecule has 0 fully saturated rings. The molecule has 0 spiro atoms. The lowest BCUT2D eigenvalue weighted by Crippen LogP contribution is -1.85. The number of hydrogen-bond donors (Lipinski definition) is 1. The molecule has 3 nitrogen and oxygen atoms in total. The van der Waals surface area contributed by atoms with Crippen LogP contribution in [-0.4, -0.2) is 15.2 Å². The highest BCUT2D eigenvalue weighted by Gasteiger charge is 2.05. The summed E-state index contributed by atoms with van der Waals surface area (Å²) in [5, 5.41) is 7.84. The fraction of sp³-hybridized carbons (Fsp3) is 0.200. The number of aromatic nitrogens is 3. The van der Waals surface area contributed by atoms with Crippen molar-refractivity contribution in [3.8, 4) is 0 Å². The molecule has 0 saturated carbocycles. The molecule has 1 N–H and O–H groups in total. The molecule has 1 aromatic heterocycles. The number of aromatic amines is 1. The maximum atomic E-state index is 12.8. The third-order valence-electron chi connectivity index (χ3n) is 1.95. The number of nitrogens with one attached hydrogen (secondary N) is 1. The summed E-state index contributed by atoms with van der Waals surface area (Å²) in [7, 11) is 0. The number of thioether (sulfide) groups is 1. The molecule has 0 amide bonds. The monoisotopic (exact) mass is 257 g/mol. The van der Waals surface area contributed by atoms with Crippen molar-refractivity contribution in [2.24, 2.45) is 0 Å². The summed E-state index contributed by atoms with van der Waals surface area (Å²) in [6.45, 7) is 1.84. The Labute approximate surface area is 101 Å². The molecule has 0 aliphatic heterocycles. The minimum atomic E-state index is -0.326. The summed E-state index contributed by atoms with van der Waals surface area (Å²) in [5.74, 6) is 1.07. The predicted octanol–water partition coefficient (Wildman–Crippen LogP) is 3.20. The molecule has 0 aliphatic carbocycles. The van der Waals surface area contributed by atoms with Crippen molar-refractivity contribution in [1.82, 2.24) is 15.2 Å². The van der Waals surface area contributed by atoms with E-state index in [4.69, 9.17) is 11.6 Å². The molecule has 16 heavy (non-hydrogen) atoms. The number of rotatable bonds is 3. The number of aryl methyl sites for hydroxylation is 1. The van der Waals surface area contributed by atoms with Gasteiger partial charge in [0, 0.05) is 10.8 Å². The van der Waals surface area contributed by atoms with Crippen LogP contribution in [0.25, 0.3) is 0 Å². The van der Waals surface area contributed by atoms with Gasteiger partial charge in [-0.15, -0.1) is 5.10 Å². The number of nitrogens with zero attached hydrogens (tertiary/aromatic N) is 2. The van der Waals surface area contributed by atoms with Gasteiger partial charge >= 0.3 is 0 Å². The number of H-pyrrole nitrogens is 1. The molecule has 84 valence electrons. The van der Waals surface area contributed by atoms with E-state index < -0.39 is 0 Å². The van der Waals surface area contributed by atoms with E-state index in [2.05, 4.69) is 15.2 Å². The van der Waals surface area contributed by atoms with E-state index >= 15 is 0 Å². The molecule has 1 aromatic carbocycles. The molecule has 0 atom stereocenters. The summed E-state index contributed by atoms with van der Waals surface area (Å²) < 4.78 is 12.8. The number of hydrogen-bond acceptors (Lipinski definition) is 3. The van der Waals surface area contributed by atoms with E-state index in [-0.39, 0.29) is 5.82 Å². The standard InChI is InChI=1S/C10H9ClFN3S/c1-6-13-10(15-14-6)16-5-7-2-3-8(12)4-9(7)11/h2-4H,5H2,1H3,(H,13,14,15). The second-order valence-electron chi connectivity index (χ2n) is 3.23. The lowest BCUT2D eigenvalue weighted by atomic mass is 10.2. The highest BCUT2D eigenvalue weighted by atomic mass is 35.5. The quantitative estimate of drug-likeness (QED) is 0.859. The normalized spacial score (nSPS) is 10.7. The maximum Gasteiger partial charge on any atom is 0.208 e. The summed E-state index contributed by atoms with van der Waals surface area (Å²) in [4.78, 5) is 4.15. The van der Waals surface area contributed by atoms with E-state index in [1.807, 2.05) is 6.92 Å². The minimum absolute atomic E-state index is 0.326. The van der Waals surface area contributed by atoms with Crippen LogP contribution in [0.5, 0.6) is 0 Å². The molecule has 2 rings (SSSR count). The van der Waals surface area contributed by atoms with Gasteiger partial charge in [0.25, 0.3) is 0 Å². The van der Waals surface area contributed by atoms with Crippen LogP contribution in [0.2, 0.25) is 5.02 Å². The molecule has 2 aromatic rings. The first-order chi connectivity index (χ1) is 7.65. The SMILES string of the molecule is Cc1nc(SCc2ccc(F)cc2Cl)n[nH]1. The van der Waals surface area contributed by atoms with Crippen molar-refractivity contribution in [1.29, 1.82) is 0 Å². The minimum Gasteiger partial charge on any atom is -0.262 e. The zero-order valence-corrected chi connectivity index (χ0v) is 10.1. The smallest absolute Gasteiger partial charge is 0.208 e. The Balaban J connectivity index is 2.04. The topological polar surface area (TPSA) is 41.6 Å². The van der Waals surface area contributed by atoms with Gasteiger partial charge in [-0.05, 0) is 24.6 Å². The Bertz CT molecular complexity index is 501. The molecule has 0 radical (unpaired) electrons. The predicted molar refractivity (Wildman–Crippen MR) is 62.1 cm³/mol. The molecule has 6 heteroatoms. The van der Waals surface area contributed by atoms with Crippen molar-refractivity contribution in [2.45, 2.75) is 17.8 Å². The van der Waals surface area contributed by atoms with Crippen LogP contribution < -0.4 is 0 Å². The van der Waals surface area contributed by atoms with Crippen LogP contribution >= 0.6 is 23.4 Å². The first-order valence-electron chi connectivity index (χ1n) is 4.61. The van der Waals surface area contributed by atoms with Crippen LogP contribution in [0.3, 0.4) is 0 Å². The lowest BCUT2D eigenvalue weighted by Gasteiger charge is -2.01. The average molecular weight is 258 g/mol. The summed E-state index contributed by atoms with van der Waals surface area (Å²) >= 11 is 7.35. The Morgan fingerprint density at radius 2 is 2.31 bits per heavy atom. The molecule has 0 saturated heterocycles. The average Bonchev–Trinajstić information content (AvgIpc) is 2.63. The van der Waals surface area contributed by atoms with Crippen molar-refractivity contribution < 1.29 is 4.39 Å². The van der Waals surface area contributed by atoms with Gasteiger partial charge in [0.2, 0.25) is 5.16 Å². The Morgan fingerprint density at radius 1 is 1.50 bits per heavy atom. The van der Waals surface area contributed by atoms with Crippen molar-refractivity contribution in [3.63, 3.8) is 0 Å². The van der Waals surface area contributed by atoms with E-state index in [9.17, 15) is 4.39 Å². The van der Waals surface area contributed by atoms with Crippen molar-refractivity contribution in [2.75, 3.05) is 0 Å². The van der Waals surface area contributed by atoms with Crippen LogP contribution in [0.15, 0.2) is 23.4 Å². The highest BCUT2D eigenvalue weighted by Crippen LogP contribution is 2.25. The molecule has 0 aliphatic rings. The summed E-state index contributed by atoms with van der Waals surface area (Å²) in [6, 6.07) is 4.37. The van der Waals surface area contributed by atoms with E-state index in [1.165, 1.54) is 23.9 Å². The number of halogens is 2. The van der Waals surface area contributed by atoms with Gasteiger partial charge in [0.1, 0.15) is 11.6 Å². The van der Waals surface area contributed by atoms with Gasteiger partial charge in [-0.3, -0.25) is 5.10 Å². The first kappa shape index (κ1) is 11.4. The van der Waals surface area contributed by atoms with Gasteiger partial charge in [0.05, 0.1) is 0 Å². The molecule has 1 heterocycles. The largest absolute Gasteiger partial charge is 0.262 e.